The number of amidine groups is 1. The topological polar surface area (TPSA) is 42.9 Å². The molecule has 3 rings (SSSR count). The molecule has 126 valence electrons. The summed E-state index contributed by atoms with van der Waals surface area (Å²) in [6.07, 6.45) is 0. The van der Waals surface area contributed by atoms with Gasteiger partial charge in [-0.2, -0.15) is 0 Å². The second-order valence-electron chi connectivity index (χ2n) is 5.37. The molecule has 0 bridgehead atoms. The summed E-state index contributed by atoms with van der Waals surface area (Å²) in [5.41, 5.74) is 2.89. The van der Waals surface area contributed by atoms with E-state index in [1.165, 1.54) is 0 Å². The van der Waals surface area contributed by atoms with Gasteiger partial charge in [0.15, 0.2) is 0 Å². The number of nitrogens with one attached hydrogen (secondary N) is 1. The van der Waals surface area contributed by atoms with Gasteiger partial charge in [0.25, 0.3) is 0 Å². The zero-order valence-corrected chi connectivity index (χ0v) is 14.8. The molecule has 2 aromatic carbocycles. The average molecular weight is 365 g/mol. The first-order chi connectivity index (χ1) is 11.7. The second-order valence-corrected chi connectivity index (χ2v) is 6.24. The molecular weight excluding hydrogens is 347 g/mol. The predicted octanol–water partition coefficient (Wildman–Crippen LogP) is 4.04. The van der Waals surface area contributed by atoms with Crippen LogP contribution in [0.5, 0.6) is 5.75 Å². The first-order valence-electron chi connectivity index (χ1n) is 7.68. The van der Waals surface area contributed by atoms with Gasteiger partial charge < -0.3 is 14.8 Å². The lowest BCUT2D eigenvalue weighted by atomic mass is 10.0. The molecule has 0 atom stereocenters. The van der Waals surface area contributed by atoms with Crippen LogP contribution in [-0.2, 0) is 4.74 Å². The summed E-state index contributed by atoms with van der Waals surface area (Å²) in [7, 11) is 1.65. The largest absolute Gasteiger partial charge is 0.490 e. The summed E-state index contributed by atoms with van der Waals surface area (Å²) in [5, 5.41) is 4.51. The monoisotopic (exact) mass is 364 g/mol. The van der Waals surface area contributed by atoms with E-state index in [2.05, 4.69) is 10.3 Å². The van der Waals surface area contributed by atoms with Crippen molar-refractivity contribution in [3.8, 4) is 16.9 Å². The molecule has 0 aliphatic carbocycles. The zero-order chi connectivity index (χ0) is 16.9. The molecule has 0 saturated carbocycles. The van der Waals surface area contributed by atoms with Crippen LogP contribution >= 0.6 is 23.2 Å². The van der Waals surface area contributed by atoms with Crippen LogP contribution in [0.15, 0.2) is 41.4 Å². The van der Waals surface area contributed by atoms with Crippen molar-refractivity contribution >= 4 is 29.0 Å². The Morgan fingerprint density at radius 2 is 1.83 bits per heavy atom. The van der Waals surface area contributed by atoms with Gasteiger partial charge >= 0.3 is 0 Å². The van der Waals surface area contributed by atoms with Crippen LogP contribution in [-0.4, -0.2) is 39.2 Å². The minimum Gasteiger partial charge on any atom is -0.490 e. The molecule has 0 saturated heterocycles. The van der Waals surface area contributed by atoms with Crippen molar-refractivity contribution in [3.63, 3.8) is 0 Å². The van der Waals surface area contributed by atoms with E-state index in [0.717, 1.165) is 41.4 Å². The number of halogens is 2. The maximum absolute atomic E-state index is 6.12. The van der Waals surface area contributed by atoms with Crippen LogP contribution < -0.4 is 10.1 Å². The van der Waals surface area contributed by atoms with E-state index in [1.807, 2.05) is 30.3 Å². The van der Waals surface area contributed by atoms with Gasteiger partial charge in [0.2, 0.25) is 0 Å². The van der Waals surface area contributed by atoms with Crippen LogP contribution in [0.4, 0.5) is 0 Å². The molecule has 24 heavy (non-hydrogen) atoms. The van der Waals surface area contributed by atoms with Crippen LogP contribution in [0.25, 0.3) is 11.1 Å². The molecule has 1 aliphatic heterocycles. The summed E-state index contributed by atoms with van der Waals surface area (Å²) in [6, 6.07) is 11.5. The number of hydrogen-bond acceptors (Lipinski definition) is 4. The van der Waals surface area contributed by atoms with Crippen molar-refractivity contribution in [1.82, 2.24) is 5.32 Å². The summed E-state index contributed by atoms with van der Waals surface area (Å²) in [4.78, 5) is 4.51. The molecule has 1 N–H and O–H groups in total. The van der Waals surface area contributed by atoms with E-state index in [4.69, 9.17) is 32.7 Å². The number of benzene rings is 2. The quantitative estimate of drug-likeness (QED) is 0.786. The Labute approximate surface area is 151 Å². The molecule has 0 radical (unpaired) electrons. The fourth-order valence-corrected chi connectivity index (χ4v) is 3.08. The highest BCUT2D eigenvalue weighted by molar-refractivity contribution is 6.35. The fourth-order valence-electron chi connectivity index (χ4n) is 2.55. The van der Waals surface area contributed by atoms with Gasteiger partial charge in [0, 0.05) is 23.7 Å². The van der Waals surface area contributed by atoms with E-state index in [0.29, 0.717) is 23.3 Å². The van der Waals surface area contributed by atoms with Gasteiger partial charge in [-0.1, -0.05) is 29.3 Å². The summed E-state index contributed by atoms with van der Waals surface area (Å²) < 4.78 is 10.9. The third kappa shape index (κ3) is 4.01. The SMILES string of the molecule is COCCOc1ccc(-c2cc(Cl)cc(Cl)c2)cc1C1=NCCN1. The molecule has 2 aromatic rings. The lowest BCUT2D eigenvalue weighted by molar-refractivity contribution is 0.146. The maximum atomic E-state index is 6.12. The Hall–Kier alpha value is -1.75. The summed E-state index contributed by atoms with van der Waals surface area (Å²) in [6.45, 7) is 2.62. The number of hydrogen-bond donors (Lipinski definition) is 1. The average Bonchev–Trinajstić information content (AvgIpc) is 3.08. The fraction of sp³-hybridized carbons (Fsp3) is 0.278. The van der Waals surface area contributed by atoms with Gasteiger partial charge in [-0.25, -0.2) is 0 Å². The predicted molar refractivity (Wildman–Crippen MR) is 98.7 cm³/mol. The molecular formula is C18H18Cl2N2O2. The number of ether oxygens (including phenoxy) is 2. The standard InChI is InChI=1S/C18H18Cl2N2O2/c1-23-6-7-24-17-3-2-12(10-16(17)18-21-4-5-22-18)13-8-14(19)11-15(20)9-13/h2-3,8-11H,4-7H2,1H3,(H,21,22). The molecule has 6 heteroatoms. The highest BCUT2D eigenvalue weighted by Gasteiger charge is 2.15. The van der Waals surface area contributed by atoms with Crippen LogP contribution in [0.3, 0.4) is 0 Å². The van der Waals surface area contributed by atoms with Crippen LogP contribution in [0, 0.1) is 0 Å². The van der Waals surface area contributed by atoms with Crippen molar-refractivity contribution in [2.45, 2.75) is 0 Å². The van der Waals surface area contributed by atoms with Crippen LogP contribution in [0.1, 0.15) is 5.56 Å². The molecule has 4 nitrogen and oxygen atoms in total. The molecule has 1 heterocycles. The smallest absolute Gasteiger partial charge is 0.132 e. The van der Waals surface area contributed by atoms with Crippen molar-refractivity contribution in [2.75, 3.05) is 33.4 Å². The molecule has 1 aliphatic rings. The van der Waals surface area contributed by atoms with E-state index in [9.17, 15) is 0 Å². The Bertz CT molecular complexity index is 742. The van der Waals surface area contributed by atoms with Gasteiger partial charge in [-0.15, -0.1) is 0 Å². The highest BCUT2D eigenvalue weighted by Crippen LogP contribution is 2.31. The van der Waals surface area contributed by atoms with E-state index >= 15 is 0 Å². The number of rotatable bonds is 6. The minimum atomic E-state index is 0.485. The minimum absolute atomic E-state index is 0.485. The van der Waals surface area contributed by atoms with Gasteiger partial charge in [-0.05, 0) is 41.5 Å². The third-order valence-electron chi connectivity index (χ3n) is 3.65. The van der Waals surface area contributed by atoms with E-state index in [1.54, 1.807) is 13.2 Å². The number of nitrogens with zero attached hydrogens (tertiary/aromatic N) is 1. The molecule has 0 aromatic heterocycles. The lowest BCUT2D eigenvalue weighted by Crippen LogP contribution is -2.20. The number of aliphatic imine (C=N–C) groups is 1. The third-order valence-corrected chi connectivity index (χ3v) is 4.09. The van der Waals surface area contributed by atoms with Gasteiger partial charge in [-0.3, -0.25) is 4.99 Å². The van der Waals surface area contributed by atoms with Crippen molar-refractivity contribution in [2.24, 2.45) is 4.99 Å². The lowest BCUT2D eigenvalue weighted by Gasteiger charge is -2.14. The van der Waals surface area contributed by atoms with E-state index in [-0.39, 0.29) is 0 Å². The molecule has 0 unspecified atom stereocenters. The van der Waals surface area contributed by atoms with Crippen molar-refractivity contribution < 1.29 is 9.47 Å². The van der Waals surface area contributed by atoms with Crippen LogP contribution in [0.2, 0.25) is 10.0 Å². The highest BCUT2D eigenvalue weighted by atomic mass is 35.5. The van der Waals surface area contributed by atoms with Crippen molar-refractivity contribution in [1.29, 1.82) is 0 Å². The zero-order valence-electron chi connectivity index (χ0n) is 13.3. The number of methoxy groups -OCH3 is 1. The first kappa shape index (κ1) is 17.1. The Morgan fingerprint density at radius 1 is 1.04 bits per heavy atom. The Kier molecular flexibility index (Phi) is 5.61. The van der Waals surface area contributed by atoms with Crippen molar-refractivity contribution in [3.05, 3.63) is 52.0 Å². The molecule has 0 fully saturated rings. The first-order valence-corrected chi connectivity index (χ1v) is 8.44. The Balaban J connectivity index is 1.98. The van der Waals surface area contributed by atoms with Gasteiger partial charge in [0.05, 0.1) is 18.7 Å². The molecule has 0 spiro atoms. The maximum Gasteiger partial charge on any atom is 0.132 e. The normalized spacial score (nSPS) is 13.5. The van der Waals surface area contributed by atoms with E-state index < -0.39 is 0 Å². The molecule has 0 amide bonds. The second kappa shape index (κ2) is 7.88. The summed E-state index contributed by atoms with van der Waals surface area (Å²) >= 11 is 12.2. The summed E-state index contributed by atoms with van der Waals surface area (Å²) in [5.74, 6) is 1.62. The Morgan fingerprint density at radius 3 is 2.50 bits per heavy atom. The van der Waals surface area contributed by atoms with Gasteiger partial charge in [0.1, 0.15) is 18.2 Å².